The molecule has 2 atom stereocenters. The van der Waals surface area contributed by atoms with Crippen LogP contribution in [0, 0.1) is 0 Å². The summed E-state index contributed by atoms with van der Waals surface area (Å²) >= 11 is 1.76. The molecule has 0 aliphatic carbocycles. The smallest absolute Gasteiger partial charge is 0.191 e. The Morgan fingerprint density at radius 1 is 1.04 bits per heavy atom. The number of rotatable bonds is 6. The SMILES string of the molecule is c1ccc2c(-c3nnc(SC[C@@H]4CCCCO4)n3C[C@@H]3CCCO3)c[nH]c2c1. The van der Waals surface area contributed by atoms with Crippen LogP contribution in [0.3, 0.4) is 0 Å². The van der Waals surface area contributed by atoms with Crippen LogP contribution < -0.4 is 0 Å². The molecule has 0 unspecified atom stereocenters. The number of thioether (sulfide) groups is 1. The number of hydrogen-bond donors (Lipinski definition) is 1. The first-order valence-corrected chi connectivity index (χ1v) is 11.2. The summed E-state index contributed by atoms with van der Waals surface area (Å²) in [6.45, 7) is 2.54. The van der Waals surface area contributed by atoms with E-state index >= 15 is 0 Å². The number of fused-ring (bicyclic) bond motifs is 1. The number of benzene rings is 1. The first-order chi connectivity index (χ1) is 13.9. The van der Waals surface area contributed by atoms with Gasteiger partial charge in [0.2, 0.25) is 0 Å². The highest BCUT2D eigenvalue weighted by atomic mass is 32.2. The standard InChI is InChI=1S/C21H26N4O2S/c1-2-9-19-17(8-1)18(12-22-19)20-23-24-21(25(20)13-15-7-5-11-26-15)28-14-16-6-3-4-10-27-16/h1-2,8-9,12,15-16,22H,3-7,10-11,13-14H2/t15-,16-/m0/s1. The van der Waals surface area contributed by atoms with Gasteiger partial charge in [-0.3, -0.25) is 4.57 Å². The topological polar surface area (TPSA) is 65.0 Å². The molecule has 2 aliphatic rings. The van der Waals surface area contributed by atoms with E-state index in [0.717, 1.165) is 66.8 Å². The van der Waals surface area contributed by atoms with E-state index in [-0.39, 0.29) is 6.10 Å². The lowest BCUT2D eigenvalue weighted by molar-refractivity contribution is 0.0315. The van der Waals surface area contributed by atoms with Crippen LogP contribution in [0.1, 0.15) is 32.1 Å². The monoisotopic (exact) mass is 398 g/mol. The van der Waals surface area contributed by atoms with E-state index in [1.165, 1.54) is 18.2 Å². The Balaban J connectivity index is 1.45. The van der Waals surface area contributed by atoms with Crippen LogP contribution in [-0.4, -0.2) is 50.9 Å². The maximum atomic E-state index is 5.92. The highest BCUT2D eigenvalue weighted by Gasteiger charge is 2.24. The van der Waals surface area contributed by atoms with Crippen molar-refractivity contribution in [2.75, 3.05) is 19.0 Å². The lowest BCUT2D eigenvalue weighted by Crippen LogP contribution is -2.22. The Morgan fingerprint density at radius 2 is 1.89 bits per heavy atom. The highest BCUT2D eigenvalue weighted by Crippen LogP contribution is 2.32. The molecule has 0 amide bonds. The van der Waals surface area contributed by atoms with Crippen LogP contribution in [-0.2, 0) is 16.0 Å². The molecule has 0 bridgehead atoms. The van der Waals surface area contributed by atoms with Gasteiger partial charge in [-0.2, -0.15) is 0 Å². The van der Waals surface area contributed by atoms with Crippen LogP contribution in [0.25, 0.3) is 22.3 Å². The first-order valence-electron chi connectivity index (χ1n) is 10.2. The van der Waals surface area contributed by atoms with E-state index in [9.17, 15) is 0 Å². The molecule has 1 aromatic carbocycles. The highest BCUT2D eigenvalue weighted by molar-refractivity contribution is 7.99. The minimum Gasteiger partial charge on any atom is -0.377 e. The van der Waals surface area contributed by atoms with Crippen molar-refractivity contribution >= 4 is 22.7 Å². The molecule has 5 rings (SSSR count). The van der Waals surface area contributed by atoms with E-state index in [1.54, 1.807) is 11.8 Å². The summed E-state index contributed by atoms with van der Waals surface area (Å²) in [5, 5.41) is 11.3. The molecule has 6 nitrogen and oxygen atoms in total. The maximum Gasteiger partial charge on any atom is 0.191 e. The number of ether oxygens (including phenoxy) is 2. The molecule has 0 saturated carbocycles. The molecule has 4 heterocycles. The van der Waals surface area contributed by atoms with Crippen LogP contribution in [0.2, 0.25) is 0 Å². The summed E-state index contributed by atoms with van der Waals surface area (Å²) in [5.41, 5.74) is 2.22. The third kappa shape index (κ3) is 3.71. The molecule has 28 heavy (non-hydrogen) atoms. The first kappa shape index (κ1) is 18.2. The van der Waals surface area contributed by atoms with Crippen LogP contribution in [0.5, 0.6) is 0 Å². The minimum atomic E-state index is 0.241. The summed E-state index contributed by atoms with van der Waals surface area (Å²) in [6, 6.07) is 8.34. The lowest BCUT2D eigenvalue weighted by Gasteiger charge is -2.22. The number of aromatic nitrogens is 4. The molecule has 2 aliphatic heterocycles. The van der Waals surface area contributed by atoms with Crippen molar-refractivity contribution in [3.8, 4) is 11.4 Å². The normalized spacial score (nSPS) is 22.9. The van der Waals surface area contributed by atoms with E-state index in [1.807, 2.05) is 12.3 Å². The zero-order valence-electron chi connectivity index (χ0n) is 16.0. The number of nitrogens with one attached hydrogen (secondary N) is 1. The largest absolute Gasteiger partial charge is 0.377 e. The van der Waals surface area contributed by atoms with Gasteiger partial charge in [0.15, 0.2) is 11.0 Å². The summed E-state index contributed by atoms with van der Waals surface area (Å²) in [7, 11) is 0. The van der Waals surface area contributed by atoms with Gasteiger partial charge in [-0.05, 0) is 38.2 Å². The molecule has 0 radical (unpaired) electrons. The summed E-state index contributed by atoms with van der Waals surface area (Å²) in [6.07, 6.45) is 8.42. The summed E-state index contributed by atoms with van der Waals surface area (Å²) < 4.78 is 14.1. The number of aromatic amines is 1. The molecule has 2 aromatic heterocycles. The third-order valence-electron chi connectivity index (χ3n) is 5.63. The fourth-order valence-corrected chi connectivity index (χ4v) is 5.13. The van der Waals surface area contributed by atoms with Gasteiger partial charge in [-0.25, -0.2) is 0 Å². The number of hydrogen-bond acceptors (Lipinski definition) is 5. The zero-order valence-corrected chi connectivity index (χ0v) is 16.8. The fraction of sp³-hybridized carbons (Fsp3) is 0.524. The summed E-state index contributed by atoms with van der Waals surface area (Å²) in [4.78, 5) is 3.36. The fourth-order valence-electron chi connectivity index (χ4n) is 4.11. The number of nitrogens with zero attached hydrogens (tertiary/aromatic N) is 3. The average Bonchev–Trinajstić information content (AvgIpc) is 3.48. The molecule has 0 spiro atoms. The minimum absolute atomic E-state index is 0.241. The van der Waals surface area contributed by atoms with E-state index in [2.05, 4.69) is 37.9 Å². The average molecular weight is 399 g/mol. The van der Waals surface area contributed by atoms with E-state index < -0.39 is 0 Å². The second kappa shape index (κ2) is 8.27. The van der Waals surface area contributed by atoms with Crippen LogP contribution in [0.15, 0.2) is 35.6 Å². The van der Waals surface area contributed by atoms with E-state index in [0.29, 0.717) is 6.10 Å². The zero-order chi connectivity index (χ0) is 18.8. The van der Waals surface area contributed by atoms with Crippen molar-refractivity contribution in [3.05, 3.63) is 30.5 Å². The Hall–Kier alpha value is -1.83. The van der Waals surface area contributed by atoms with Gasteiger partial charge in [0.05, 0.1) is 18.8 Å². The van der Waals surface area contributed by atoms with Gasteiger partial charge in [0.1, 0.15) is 0 Å². The van der Waals surface area contributed by atoms with Crippen molar-refractivity contribution in [2.24, 2.45) is 0 Å². The van der Waals surface area contributed by atoms with Gasteiger partial charge in [-0.15, -0.1) is 10.2 Å². The van der Waals surface area contributed by atoms with Crippen molar-refractivity contribution < 1.29 is 9.47 Å². The second-order valence-corrected chi connectivity index (χ2v) is 8.59. The maximum absolute atomic E-state index is 5.92. The Bertz CT molecular complexity index is 926. The molecule has 3 aromatic rings. The van der Waals surface area contributed by atoms with E-state index in [4.69, 9.17) is 9.47 Å². The van der Waals surface area contributed by atoms with Gasteiger partial charge < -0.3 is 14.5 Å². The Kier molecular flexibility index (Phi) is 5.38. The molecule has 2 fully saturated rings. The molecule has 7 heteroatoms. The predicted octanol–water partition coefficient (Wildman–Crippen LogP) is 4.27. The second-order valence-electron chi connectivity index (χ2n) is 7.60. The lowest BCUT2D eigenvalue weighted by atomic mass is 10.1. The Labute approximate surface area is 169 Å². The molecule has 2 saturated heterocycles. The number of para-hydroxylation sites is 1. The van der Waals surface area contributed by atoms with Gasteiger partial charge in [0, 0.05) is 41.6 Å². The van der Waals surface area contributed by atoms with Crippen molar-refractivity contribution in [3.63, 3.8) is 0 Å². The molecular weight excluding hydrogens is 372 g/mol. The summed E-state index contributed by atoms with van der Waals surface area (Å²) in [5.74, 6) is 1.84. The Morgan fingerprint density at radius 3 is 2.75 bits per heavy atom. The van der Waals surface area contributed by atoms with Crippen molar-refractivity contribution in [1.82, 2.24) is 19.7 Å². The van der Waals surface area contributed by atoms with Gasteiger partial charge in [-0.1, -0.05) is 30.0 Å². The van der Waals surface area contributed by atoms with Crippen molar-refractivity contribution in [2.45, 2.75) is 56.0 Å². The molecular formula is C21H26N4O2S. The van der Waals surface area contributed by atoms with Crippen LogP contribution in [0.4, 0.5) is 0 Å². The third-order valence-corrected chi connectivity index (χ3v) is 6.73. The molecule has 148 valence electrons. The predicted molar refractivity (Wildman–Crippen MR) is 111 cm³/mol. The van der Waals surface area contributed by atoms with Gasteiger partial charge in [0.25, 0.3) is 0 Å². The van der Waals surface area contributed by atoms with Crippen molar-refractivity contribution in [1.29, 1.82) is 0 Å². The quantitative estimate of drug-likeness (QED) is 0.628. The number of H-pyrrole nitrogens is 1. The van der Waals surface area contributed by atoms with Gasteiger partial charge >= 0.3 is 0 Å². The van der Waals surface area contributed by atoms with Crippen LogP contribution >= 0.6 is 11.8 Å². The molecule has 1 N–H and O–H groups in total.